The molecule has 8 heteroatoms. The quantitative estimate of drug-likeness (QED) is 0.109. The second-order valence-corrected chi connectivity index (χ2v) is 15.6. The maximum atomic E-state index is 14.5. The van der Waals surface area contributed by atoms with E-state index < -0.39 is 20.8 Å². The van der Waals surface area contributed by atoms with Gasteiger partial charge in [-0.05, 0) is 51.6 Å². The molecule has 7 rings (SSSR count). The van der Waals surface area contributed by atoms with Crippen molar-refractivity contribution >= 4 is 38.5 Å². The highest BCUT2D eigenvalue weighted by Crippen LogP contribution is 2.52. The molecule has 0 spiro atoms. The number of rotatable bonds is 11. The zero-order valence-electron chi connectivity index (χ0n) is 26.9. The van der Waals surface area contributed by atoms with E-state index >= 15 is 0 Å². The van der Waals surface area contributed by atoms with Crippen LogP contribution in [0.1, 0.15) is 28.7 Å². The number of carbonyl (C=O) groups excluding carboxylic acids is 1. The topological polar surface area (TPSA) is 78.5 Å². The first-order valence-electron chi connectivity index (χ1n) is 16.4. The van der Waals surface area contributed by atoms with Gasteiger partial charge < -0.3 is 0 Å². The number of carbonyl (C=O) groups is 1. The lowest BCUT2D eigenvalue weighted by Gasteiger charge is -2.37. The third-order valence-electron chi connectivity index (χ3n) is 9.08. The number of benzene rings is 6. The molecule has 0 radical (unpaired) electrons. The van der Waals surface area contributed by atoms with Crippen LogP contribution < -0.4 is 10.9 Å². The Kier molecular flexibility index (Phi) is 9.64. The average molecular weight is 684 g/mol. The standard InChI is InChI=1S/C41H37N3O3S2/c45-40(43-42-29-31-15-5-1-6-16-31)39-28-37(30-44(39)49(46,47)38-26-25-32-17-13-14-18-33(32)27-38)48-41(34-19-7-2-8-20-34,35-21-9-3-10-22-35)36-23-11-4-12-24-36/h1-27,37,39,42H,28-30H2,(H,43,45)/t37-,39+/m1/s1. The molecule has 2 atom stereocenters. The molecule has 0 unspecified atom stereocenters. The van der Waals surface area contributed by atoms with Crippen LogP contribution in [0.4, 0.5) is 0 Å². The Balaban J connectivity index is 1.27. The van der Waals surface area contributed by atoms with E-state index in [-0.39, 0.29) is 22.6 Å². The average Bonchev–Trinajstić information content (AvgIpc) is 3.60. The van der Waals surface area contributed by atoms with Gasteiger partial charge in [0.05, 0.1) is 9.64 Å². The Morgan fingerprint density at radius 3 is 1.76 bits per heavy atom. The number of amides is 1. The summed E-state index contributed by atoms with van der Waals surface area (Å²) in [4.78, 5) is 14.1. The lowest BCUT2D eigenvalue weighted by atomic mass is 9.84. The number of nitrogens with zero attached hydrogens (tertiary/aromatic N) is 1. The maximum absolute atomic E-state index is 14.5. The van der Waals surface area contributed by atoms with Gasteiger partial charge in [0.25, 0.3) is 5.91 Å². The van der Waals surface area contributed by atoms with E-state index in [9.17, 15) is 13.2 Å². The van der Waals surface area contributed by atoms with Crippen molar-refractivity contribution in [2.75, 3.05) is 6.54 Å². The third-order valence-corrected chi connectivity index (χ3v) is 12.7. The van der Waals surface area contributed by atoms with Gasteiger partial charge in [0, 0.05) is 18.3 Å². The largest absolute Gasteiger partial charge is 0.290 e. The van der Waals surface area contributed by atoms with Gasteiger partial charge in [0.2, 0.25) is 10.0 Å². The van der Waals surface area contributed by atoms with E-state index in [0.29, 0.717) is 13.0 Å². The first-order chi connectivity index (χ1) is 23.9. The predicted octanol–water partition coefficient (Wildman–Crippen LogP) is 7.52. The number of nitrogens with one attached hydrogen (secondary N) is 2. The fourth-order valence-electron chi connectivity index (χ4n) is 6.71. The van der Waals surface area contributed by atoms with Crippen molar-refractivity contribution in [3.05, 3.63) is 186 Å². The number of hydrogen-bond donors (Lipinski definition) is 2. The summed E-state index contributed by atoms with van der Waals surface area (Å²) in [5.41, 5.74) is 10.1. The van der Waals surface area contributed by atoms with Gasteiger partial charge in [-0.3, -0.25) is 10.2 Å². The molecule has 2 N–H and O–H groups in total. The van der Waals surface area contributed by atoms with Gasteiger partial charge in [-0.25, -0.2) is 13.8 Å². The number of thioether (sulfide) groups is 1. The molecule has 49 heavy (non-hydrogen) atoms. The van der Waals surface area contributed by atoms with Crippen molar-refractivity contribution in [1.29, 1.82) is 0 Å². The number of hydrazine groups is 1. The highest BCUT2D eigenvalue weighted by Gasteiger charge is 2.48. The first-order valence-corrected chi connectivity index (χ1v) is 18.7. The van der Waals surface area contributed by atoms with Crippen molar-refractivity contribution in [2.45, 2.75) is 33.9 Å². The van der Waals surface area contributed by atoms with Crippen LogP contribution in [-0.2, 0) is 26.1 Å². The summed E-state index contributed by atoms with van der Waals surface area (Å²) in [6.45, 7) is 0.582. The summed E-state index contributed by atoms with van der Waals surface area (Å²) in [5, 5.41) is 1.56. The van der Waals surface area contributed by atoms with Crippen molar-refractivity contribution in [3.63, 3.8) is 0 Å². The highest BCUT2D eigenvalue weighted by molar-refractivity contribution is 8.01. The Bertz CT molecular complexity index is 2030. The highest BCUT2D eigenvalue weighted by atomic mass is 32.2. The van der Waals surface area contributed by atoms with Crippen LogP contribution in [0.2, 0.25) is 0 Å². The molecule has 246 valence electrons. The van der Waals surface area contributed by atoms with Gasteiger partial charge in [0.15, 0.2) is 0 Å². The number of sulfonamides is 1. The molecule has 6 nitrogen and oxygen atoms in total. The van der Waals surface area contributed by atoms with Crippen molar-refractivity contribution in [2.24, 2.45) is 0 Å². The number of fused-ring (bicyclic) bond motifs is 1. The summed E-state index contributed by atoms with van der Waals surface area (Å²) in [7, 11) is -4.05. The van der Waals surface area contributed by atoms with Crippen LogP contribution in [0.15, 0.2) is 169 Å². The van der Waals surface area contributed by atoms with Crippen LogP contribution in [0.3, 0.4) is 0 Å². The van der Waals surface area contributed by atoms with Crippen LogP contribution in [0, 0.1) is 0 Å². The van der Waals surface area contributed by atoms with E-state index in [1.54, 1.807) is 23.9 Å². The predicted molar refractivity (Wildman–Crippen MR) is 198 cm³/mol. The van der Waals surface area contributed by atoms with Gasteiger partial charge in [-0.15, -0.1) is 11.8 Å². The van der Waals surface area contributed by atoms with Crippen LogP contribution >= 0.6 is 11.8 Å². The van der Waals surface area contributed by atoms with Crippen molar-refractivity contribution < 1.29 is 13.2 Å². The smallest absolute Gasteiger partial charge is 0.252 e. The molecule has 0 saturated carbocycles. The normalized spacial score (nSPS) is 16.8. The first kappa shape index (κ1) is 32.8. The van der Waals surface area contributed by atoms with E-state index in [1.807, 2.05) is 115 Å². The van der Waals surface area contributed by atoms with Gasteiger partial charge in [-0.1, -0.05) is 152 Å². The second-order valence-electron chi connectivity index (χ2n) is 12.2. The van der Waals surface area contributed by atoms with Crippen LogP contribution in [-0.4, -0.2) is 36.5 Å². The molecule has 1 amide bonds. The summed E-state index contributed by atoms with van der Waals surface area (Å²) in [5.74, 6) is -0.381. The van der Waals surface area contributed by atoms with E-state index in [0.717, 1.165) is 33.0 Å². The molecule has 0 aliphatic carbocycles. The molecular weight excluding hydrogens is 647 g/mol. The lowest BCUT2D eigenvalue weighted by molar-refractivity contribution is -0.125. The molecule has 6 aromatic rings. The third kappa shape index (κ3) is 6.78. The molecule has 1 aliphatic heterocycles. The summed E-state index contributed by atoms with van der Waals surface area (Å²) >= 11 is 1.71. The molecule has 6 aromatic carbocycles. The molecule has 1 heterocycles. The van der Waals surface area contributed by atoms with Crippen molar-refractivity contribution in [3.8, 4) is 0 Å². The zero-order chi connectivity index (χ0) is 33.7. The summed E-state index contributed by atoms with van der Waals surface area (Å²) < 4.78 is 29.8. The van der Waals surface area contributed by atoms with Crippen LogP contribution in [0.25, 0.3) is 10.8 Å². The monoisotopic (exact) mass is 683 g/mol. The van der Waals surface area contributed by atoms with Crippen LogP contribution in [0.5, 0.6) is 0 Å². The maximum Gasteiger partial charge on any atom is 0.252 e. The Labute approximate surface area is 292 Å². The van der Waals surface area contributed by atoms with Gasteiger partial charge >= 0.3 is 0 Å². The second kappa shape index (κ2) is 14.4. The molecule has 0 bridgehead atoms. The summed E-state index contributed by atoms with van der Waals surface area (Å²) in [6.07, 6.45) is 0.338. The molecule has 1 saturated heterocycles. The number of hydrogen-bond acceptors (Lipinski definition) is 5. The van der Waals surface area contributed by atoms with Crippen molar-refractivity contribution in [1.82, 2.24) is 15.2 Å². The SMILES string of the molecule is O=C(NNCc1ccccc1)[C@@H]1C[C@@H](SC(c2ccccc2)(c2ccccc2)c2ccccc2)CN1S(=O)(=O)c1ccc2ccccc2c1. The molecular formula is C41H37N3O3S2. The molecule has 1 fully saturated rings. The Morgan fingerprint density at radius 2 is 1.18 bits per heavy atom. The fraction of sp³-hybridized carbons (Fsp3) is 0.146. The van der Waals surface area contributed by atoms with E-state index in [2.05, 4.69) is 47.2 Å². The minimum absolute atomic E-state index is 0.171. The minimum atomic E-state index is -4.05. The molecule has 0 aromatic heterocycles. The molecule has 1 aliphatic rings. The van der Waals surface area contributed by atoms with Gasteiger partial charge in [-0.2, -0.15) is 4.31 Å². The summed E-state index contributed by atoms with van der Waals surface area (Å²) in [6, 6.07) is 52.7. The van der Waals surface area contributed by atoms with E-state index in [4.69, 9.17) is 0 Å². The fourth-order valence-corrected chi connectivity index (χ4v) is 10.3. The van der Waals surface area contributed by atoms with Gasteiger partial charge in [0.1, 0.15) is 6.04 Å². The Morgan fingerprint density at radius 1 is 0.673 bits per heavy atom. The van der Waals surface area contributed by atoms with E-state index in [1.165, 1.54) is 4.31 Å². The Hall–Kier alpha value is -4.73. The lowest BCUT2D eigenvalue weighted by Crippen LogP contribution is -2.49. The zero-order valence-corrected chi connectivity index (χ0v) is 28.5. The minimum Gasteiger partial charge on any atom is -0.290 e.